The molecule has 0 aliphatic rings. The van der Waals surface area contributed by atoms with Crippen LogP contribution in [0.3, 0.4) is 0 Å². The average Bonchev–Trinajstić information content (AvgIpc) is 2.57. The molecule has 0 aliphatic heterocycles. The maximum absolute atomic E-state index is 11.8. The Balaban J connectivity index is 3.59. The van der Waals surface area contributed by atoms with Crippen molar-refractivity contribution in [2.45, 2.75) is 71.8 Å². The molecule has 0 aliphatic carbocycles. The number of ether oxygens (including phenoxy) is 1. The normalized spacial score (nSPS) is 12.4. The molecular formula is C17H36O5Si. The zero-order valence-corrected chi connectivity index (χ0v) is 16.9. The van der Waals surface area contributed by atoms with Crippen molar-refractivity contribution in [3.8, 4) is 0 Å². The van der Waals surface area contributed by atoms with E-state index in [-0.39, 0.29) is 11.4 Å². The van der Waals surface area contributed by atoms with E-state index in [1.165, 1.54) is 6.42 Å². The van der Waals surface area contributed by atoms with Crippen LogP contribution in [0.4, 0.5) is 0 Å². The number of carbonyl (C=O) groups excluding carboxylic acids is 1. The van der Waals surface area contributed by atoms with Gasteiger partial charge in [0.05, 0.1) is 12.0 Å². The molecule has 0 amide bonds. The van der Waals surface area contributed by atoms with Gasteiger partial charge in [-0.3, -0.25) is 4.79 Å². The van der Waals surface area contributed by atoms with Crippen LogP contribution >= 0.6 is 0 Å². The number of hydrogen-bond acceptors (Lipinski definition) is 5. The predicted molar refractivity (Wildman–Crippen MR) is 94.3 cm³/mol. The highest BCUT2D eigenvalue weighted by Crippen LogP contribution is 2.22. The van der Waals surface area contributed by atoms with Gasteiger partial charge in [-0.15, -0.1) is 0 Å². The summed E-state index contributed by atoms with van der Waals surface area (Å²) in [6.07, 6.45) is 7.39. The third-order valence-corrected chi connectivity index (χ3v) is 7.31. The summed E-state index contributed by atoms with van der Waals surface area (Å²) in [5.41, 5.74) is -0.361. The fourth-order valence-corrected chi connectivity index (χ4v) is 4.01. The molecule has 6 heteroatoms. The first-order valence-electron chi connectivity index (χ1n) is 8.70. The SMILES string of the molecule is CCC(C)(C)C(=O)OCCCCCCCC[Si](OC)(OC)OC. The number of carbonyl (C=O) groups is 1. The molecule has 0 saturated heterocycles. The summed E-state index contributed by atoms with van der Waals surface area (Å²) in [5, 5.41) is 0. The Bertz CT molecular complexity index is 308. The first kappa shape index (κ1) is 22.6. The Labute approximate surface area is 143 Å². The topological polar surface area (TPSA) is 54.0 Å². The van der Waals surface area contributed by atoms with Gasteiger partial charge in [0.1, 0.15) is 0 Å². The molecular weight excluding hydrogens is 312 g/mol. The predicted octanol–water partition coefficient (Wildman–Crippen LogP) is 4.18. The van der Waals surface area contributed by atoms with Gasteiger partial charge in [-0.25, -0.2) is 0 Å². The van der Waals surface area contributed by atoms with Crippen LogP contribution in [0, 0.1) is 5.41 Å². The maximum atomic E-state index is 11.8. The highest BCUT2D eigenvalue weighted by Gasteiger charge is 2.36. The van der Waals surface area contributed by atoms with Gasteiger partial charge in [-0.05, 0) is 33.1 Å². The molecule has 0 bridgehead atoms. The molecule has 0 aromatic carbocycles. The summed E-state index contributed by atoms with van der Waals surface area (Å²) in [5.74, 6) is -0.0833. The van der Waals surface area contributed by atoms with E-state index >= 15 is 0 Å². The first-order chi connectivity index (χ1) is 10.9. The molecule has 0 N–H and O–H groups in total. The van der Waals surface area contributed by atoms with E-state index in [0.717, 1.165) is 44.6 Å². The van der Waals surface area contributed by atoms with Crippen LogP contribution in [0.25, 0.3) is 0 Å². The lowest BCUT2D eigenvalue weighted by Gasteiger charge is -2.24. The van der Waals surface area contributed by atoms with E-state index in [4.69, 9.17) is 18.0 Å². The zero-order chi connectivity index (χ0) is 17.8. The Morgan fingerprint density at radius 3 is 1.83 bits per heavy atom. The van der Waals surface area contributed by atoms with Gasteiger partial charge in [-0.2, -0.15) is 0 Å². The number of esters is 1. The largest absolute Gasteiger partial charge is 0.500 e. The van der Waals surface area contributed by atoms with Crippen molar-refractivity contribution < 1.29 is 22.8 Å². The number of unbranched alkanes of at least 4 members (excludes halogenated alkanes) is 5. The minimum atomic E-state index is -2.39. The fourth-order valence-electron chi connectivity index (χ4n) is 2.21. The second kappa shape index (κ2) is 12.0. The van der Waals surface area contributed by atoms with Crippen molar-refractivity contribution in [3.63, 3.8) is 0 Å². The molecule has 0 rings (SSSR count). The maximum Gasteiger partial charge on any atom is 0.500 e. The van der Waals surface area contributed by atoms with Gasteiger partial charge < -0.3 is 18.0 Å². The van der Waals surface area contributed by atoms with Crippen LogP contribution in [0.2, 0.25) is 6.04 Å². The third kappa shape index (κ3) is 8.84. The van der Waals surface area contributed by atoms with Gasteiger partial charge in [0.15, 0.2) is 0 Å². The van der Waals surface area contributed by atoms with Crippen molar-refractivity contribution in [1.29, 1.82) is 0 Å². The third-order valence-electron chi connectivity index (χ3n) is 4.48. The summed E-state index contributed by atoms with van der Waals surface area (Å²) in [6, 6.07) is 0.861. The van der Waals surface area contributed by atoms with Crippen LogP contribution in [0.5, 0.6) is 0 Å². The lowest BCUT2D eigenvalue weighted by Crippen LogP contribution is -2.42. The number of hydrogen-bond donors (Lipinski definition) is 0. The van der Waals surface area contributed by atoms with Crippen LogP contribution < -0.4 is 0 Å². The van der Waals surface area contributed by atoms with E-state index in [1.54, 1.807) is 21.3 Å². The molecule has 0 heterocycles. The average molecular weight is 349 g/mol. The van der Waals surface area contributed by atoms with Crippen molar-refractivity contribution in [2.75, 3.05) is 27.9 Å². The zero-order valence-electron chi connectivity index (χ0n) is 15.9. The van der Waals surface area contributed by atoms with Gasteiger partial charge >= 0.3 is 14.8 Å². The van der Waals surface area contributed by atoms with Crippen molar-refractivity contribution >= 4 is 14.8 Å². The molecule has 0 atom stereocenters. The van der Waals surface area contributed by atoms with Crippen LogP contribution in [0.15, 0.2) is 0 Å². The van der Waals surface area contributed by atoms with Crippen molar-refractivity contribution in [1.82, 2.24) is 0 Å². The van der Waals surface area contributed by atoms with Crippen molar-refractivity contribution in [3.05, 3.63) is 0 Å². The summed E-state index contributed by atoms with van der Waals surface area (Å²) in [7, 11) is 2.57. The fraction of sp³-hybridized carbons (Fsp3) is 0.941. The quantitative estimate of drug-likeness (QED) is 0.268. The van der Waals surface area contributed by atoms with E-state index in [2.05, 4.69) is 0 Å². The molecule has 0 unspecified atom stereocenters. The highest BCUT2D eigenvalue weighted by molar-refractivity contribution is 6.60. The van der Waals surface area contributed by atoms with Crippen LogP contribution in [-0.2, 0) is 22.8 Å². The Morgan fingerprint density at radius 1 is 0.870 bits per heavy atom. The molecule has 0 saturated carbocycles. The van der Waals surface area contributed by atoms with Gasteiger partial charge in [0.2, 0.25) is 0 Å². The second-order valence-corrected chi connectivity index (χ2v) is 9.63. The van der Waals surface area contributed by atoms with E-state index in [0.29, 0.717) is 6.61 Å². The van der Waals surface area contributed by atoms with Gasteiger partial charge in [0.25, 0.3) is 0 Å². The lowest BCUT2D eigenvalue weighted by atomic mass is 9.91. The Kier molecular flexibility index (Phi) is 11.8. The lowest BCUT2D eigenvalue weighted by molar-refractivity contribution is -0.154. The summed E-state index contributed by atoms with van der Waals surface area (Å²) in [6.45, 7) is 6.41. The molecule has 0 aromatic rings. The van der Waals surface area contributed by atoms with E-state index in [1.807, 2.05) is 20.8 Å². The minimum absolute atomic E-state index is 0.0833. The molecule has 138 valence electrons. The van der Waals surface area contributed by atoms with Gasteiger partial charge in [-0.1, -0.05) is 32.6 Å². The monoisotopic (exact) mass is 348 g/mol. The molecule has 0 radical (unpaired) electrons. The smallest absolute Gasteiger partial charge is 0.465 e. The molecule has 0 fully saturated rings. The standard InChI is InChI=1S/C17H36O5Si/c1-7-17(2,3)16(18)22-14-12-10-8-9-11-13-15-23(19-4,20-5)21-6/h7-15H2,1-6H3. The Hall–Kier alpha value is -0.433. The summed E-state index contributed by atoms with van der Waals surface area (Å²) in [4.78, 5) is 11.8. The van der Waals surface area contributed by atoms with E-state index in [9.17, 15) is 4.79 Å². The highest BCUT2D eigenvalue weighted by atomic mass is 28.4. The molecule has 0 spiro atoms. The molecule has 23 heavy (non-hydrogen) atoms. The van der Waals surface area contributed by atoms with E-state index < -0.39 is 8.80 Å². The summed E-state index contributed by atoms with van der Waals surface area (Å²) >= 11 is 0. The molecule has 5 nitrogen and oxygen atoms in total. The van der Waals surface area contributed by atoms with Crippen LogP contribution in [0.1, 0.15) is 65.7 Å². The minimum Gasteiger partial charge on any atom is -0.465 e. The Morgan fingerprint density at radius 2 is 1.35 bits per heavy atom. The van der Waals surface area contributed by atoms with Crippen molar-refractivity contribution in [2.24, 2.45) is 5.41 Å². The first-order valence-corrected chi connectivity index (χ1v) is 10.6. The molecule has 0 aromatic heterocycles. The summed E-state index contributed by atoms with van der Waals surface area (Å²) < 4.78 is 21.5. The number of rotatable bonds is 14. The van der Waals surface area contributed by atoms with Crippen LogP contribution in [-0.4, -0.2) is 42.7 Å². The second-order valence-electron chi connectivity index (χ2n) is 6.54. The van der Waals surface area contributed by atoms with Gasteiger partial charge in [0, 0.05) is 27.4 Å².